The number of fused-ring (bicyclic) bond motifs is 7. The van der Waals surface area contributed by atoms with Gasteiger partial charge in [0.25, 0.3) is 0 Å². The summed E-state index contributed by atoms with van der Waals surface area (Å²) in [6, 6.07) is 76.2. The van der Waals surface area contributed by atoms with Crippen LogP contribution in [0, 0.1) is 0 Å². The van der Waals surface area contributed by atoms with Gasteiger partial charge in [-0.3, -0.25) is 0 Å². The third-order valence-corrected chi connectivity index (χ3v) is 11.4. The molecule has 0 radical (unpaired) electrons. The summed E-state index contributed by atoms with van der Waals surface area (Å²) in [5.74, 6) is 0. The number of hydrogen-bond acceptors (Lipinski definition) is 0. The van der Waals surface area contributed by atoms with Gasteiger partial charge in [0.1, 0.15) is 0 Å². The molecule has 250 valence electrons. The molecule has 11 aromatic rings. The second kappa shape index (κ2) is 12.3. The number of benzene rings is 11. The van der Waals surface area contributed by atoms with Crippen molar-refractivity contribution in [2.75, 3.05) is 0 Å². The maximum atomic E-state index is 2.44. The van der Waals surface area contributed by atoms with Crippen LogP contribution in [0.15, 0.2) is 206 Å². The van der Waals surface area contributed by atoms with Crippen molar-refractivity contribution in [3.8, 4) is 44.5 Å². The second-order valence-corrected chi connectivity index (χ2v) is 14.4. The van der Waals surface area contributed by atoms with Crippen LogP contribution in [0.5, 0.6) is 0 Å². The van der Waals surface area contributed by atoms with Crippen molar-refractivity contribution < 1.29 is 0 Å². The van der Waals surface area contributed by atoms with Crippen LogP contribution in [0.3, 0.4) is 0 Å². The molecule has 0 unspecified atom stereocenters. The maximum absolute atomic E-state index is 2.44. The van der Waals surface area contributed by atoms with Gasteiger partial charge in [0.2, 0.25) is 0 Å². The van der Waals surface area contributed by atoms with Crippen molar-refractivity contribution in [2.45, 2.75) is 0 Å². The highest BCUT2D eigenvalue weighted by Gasteiger charge is 2.20. The first-order valence-corrected chi connectivity index (χ1v) is 18.8. The van der Waals surface area contributed by atoms with E-state index >= 15 is 0 Å². The topological polar surface area (TPSA) is 0 Å². The molecule has 0 atom stereocenters. The highest BCUT2D eigenvalue weighted by Crippen LogP contribution is 2.47. The Morgan fingerprint density at radius 1 is 0.185 bits per heavy atom. The van der Waals surface area contributed by atoms with Gasteiger partial charge in [0.15, 0.2) is 0 Å². The standard InChI is InChI=1S/C54H34/c1-2-14-39-32-40(29-24-35(39)12-1)41-30-31-50-52(33-41)53(38-27-25-37(26-28-38)44-23-11-16-36-13-3-5-17-43(36)44)48-21-9-10-22-49(48)54(50)51-34-42-15-4-6-18-45(42)46-19-7-8-20-47(46)51/h1-34H. The molecular weight excluding hydrogens is 649 g/mol. The van der Waals surface area contributed by atoms with E-state index in [0.29, 0.717) is 0 Å². The molecule has 0 nitrogen and oxygen atoms in total. The molecule has 0 N–H and O–H groups in total. The van der Waals surface area contributed by atoms with E-state index < -0.39 is 0 Å². The molecule has 0 saturated heterocycles. The smallest absolute Gasteiger partial charge is 0.00199 e. The zero-order chi connectivity index (χ0) is 35.6. The van der Waals surface area contributed by atoms with Crippen molar-refractivity contribution in [1.29, 1.82) is 0 Å². The van der Waals surface area contributed by atoms with E-state index in [-0.39, 0.29) is 0 Å². The lowest BCUT2D eigenvalue weighted by molar-refractivity contribution is 1.63. The quantitative estimate of drug-likeness (QED) is 0.128. The minimum absolute atomic E-state index is 1.21. The van der Waals surface area contributed by atoms with Crippen LogP contribution in [0.2, 0.25) is 0 Å². The summed E-state index contributed by atoms with van der Waals surface area (Å²) in [5, 5.41) is 15.2. The predicted molar refractivity (Wildman–Crippen MR) is 233 cm³/mol. The molecule has 0 spiro atoms. The maximum Gasteiger partial charge on any atom is -0.00199 e. The summed E-state index contributed by atoms with van der Waals surface area (Å²) >= 11 is 0. The first-order valence-electron chi connectivity index (χ1n) is 18.8. The molecule has 0 fully saturated rings. The predicted octanol–water partition coefficient (Wildman–Crippen LogP) is 15.3. The number of rotatable bonds is 4. The fourth-order valence-electron chi connectivity index (χ4n) is 8.88. The highest BCUT2D eigenvalue weighted by molar-refractivity contribution is 6.26. The molecule has 11 aromatic carbocycles. The molecule has 0 bridgehead atoms. The van der Waals surface area contributed by atoms with E-state index in [0.717, 1.165) is 0 Å². The Morgan fingerprint density at radius 2 is 0.704 bits per heavy atom. The largest absolute Gasteiger partial charge is 0.0616 e. The first kappa shape index (κ1) is 30.6. The summed E-state index contributed by atoms with van der Waals surface area (Å²) in [5.41, 5.74) is 9.94. The highest BCUT2D eigenvalue weighted by atomic mass is 14.2. The Kier molecular flexibility index (Phi) is 6.97. The van der Waals surface area contributed by atoms with Gasteiger partial charge in [0.05, 0.1) is 0 Å². The average Bonchev–Trinajstić information content (AvgIpc) is 3.25. The summed E-state index contributed by atoms with van der Waals surface area (Å²) in [6.07, 6.45) is 0. The van der Waals surface area contributed by atoms with Crippen molar-refractivity contribution in [3.63, 3.8) is 0 Å². The summed E-state index contributed by atoms with van der Waals surface area (Å²) in [7, 11) is 0. The van der Waals surface area contributed by atoms with Crippen LogP contribution < -0.4 is 0 Å². The molecule has 0 aromatic heterocycles. The fourth-order valence-corrected chi connectivity index (χ4v) is 8.88. The van der Waals surface area contributed by atoms with Gasteiger partial charge in [0, 0.05) is 0 Å². The SMILES string of the molecule is c1ccc2cc(-c3ccc4c(-c5cc6ccccc6c6ccccc56)c5ccccc5c(-c5ccc(-c6cccc7ccccc67)cc5)c4c3)ccc2c1. The Morgan fingerprint density at radius 3 is 1.50 bits per heavy atom. The lowest BCUT2D eigenvalue weighted by Crippen LogP contribution is -1.93. The van der Waals surface area contributed by atoms with Gasteiger partial charge < -0.3 is 0 Å². The molecule has 0 amide bonds. The molecule has 0 aliphatic carbocycles. The average molecular weight is 683 g/mol. The van der Waals surface area contributed by atoms with E-state index in [1.165, 1.54) is 109 Å². The Hall–Kier alpha value is -7.02. The van der Waals surface area contributed by atoms with E-state index in [2.05, 4.69) is 206 Å². The van der Waals surface area contributed by atoms with Crippen LogP contribution in [-0.2, 0) is 0 Å². The van der Waals surface area contributed by atoms with Crippen molar-refractivity contribution in [1.82, 2.24) is 0 Å². The first-order chi connectivity index (χ1) is 26.8. The molecule has 0 heterocycles. The molecule has 11 rings (SSSR count). The third kappa shape index (κ3) is 4.85. The van der Waals surface area contributed by atoms with Crippen LogP contribution in [0.4, 0.5) is 0 Å². The Balaban J connectivity index is 1.21. The van der Waals surface area contributed by atoms with Gasteiger partial charge >= 0.3 is 0 Å². The van der Waals surface area contributed by atoms with Crippen LogP contribution >= 0.6 is 0 Å². The van der Waals surface area contributed by atoms with Crippen molar-refractivity contribution in [3.05, 3.63) is 206 Å². The second-order valence-electron chi connectivity index (χ2n) is 14.4. The van der Waals surface area contributed by atoms with Gasteiger partial charge in [-0.1, -0.05) is 188 Å². The minimum atomic E-state index is 1.21. The number of hydrogen-bond donors (Lipinski definition) is 0. The Bertz CT molecular complexity index is 3250. The summed E-state index contributed by atoms with van der Waals surface area (Å²) in [4.78, 5) is 0. The van der Waals surface area contributed by atoms with Gasteiger partial charge in [-0.25, -0.2) is 0 Å². The molecular formula is C54H34. The van der Waals surface area contributed by atoms with E-state index in [4.69, 9.17) is 0 Å². The van der Waals surface area contributed by atoms with E-state index in [1.54, 1.807) is 0 Å². The van der Waals surface area contributed by atoms with Gasteiger partial charge in [-0.15, -0.1) is 0 Å². The van der Waals surface area contributed by atoms with E-state index in [1.807, 2.05) is 0 Å². The normalized spacial score (nSPS) is 11.7. The van der Waals surface area contributed by atoms with Gasteiger partial charge in [-0.2, -0.15) is 0 Å². The van der Waals surface area contributed by atoms with Crippen molar-refractivity contribution >= 4 is 64.6 Å². The molecule has 0 heteroatoms. The lowest BCUT2D eigenvalue weighted by atomic mass is 9.82. The fraction of sp³-hybridized carbons (Fsp3) is 0. The monoisotopic (exact) mass is 682 g/mol. The summed E-state index contributed by atoms with van der Waals surface area (Å²) in [6.45, 7) is 0. The summed E-state index contributed by atoms with van der Waals surface area (Å²) < 4.78 is 0. The van der Waals surface area contributed by atoms with Crippen LogP contribution in [0.25, 0.3) is 109 Å². The minimum Gasteiger partial charge on any atom is -0.0616 e. The molecule has 0 aliphatic heterocycles. The zero-order valence-corrected chi connectivity index (χ0v) is 29.6. The van der Waals surface area contributed by atoms with Crippen LogP contribution in [-0.4, -0.2) is 0 Å². The third-order valence-electron chi connectivity index (χ3n) is 11.4. The van der Waals surface area contributed by atoms with Crippen LogP contribution in [0.1, 0.15) is 0 Å². The molecule has 0 saturated carbocycles. The molecule has 54 heavy (non-hydrogen) atoms. The van der Waals surface area contributed by atoms with Gasteiger partial charge in [-0.05, 0) is 127 Å². The van der Waals surface area contributed by atoms with Crippen molar-refractivity contribution in [2.24, 2.45) is 0 Å². The lowest BCUT2D eigenvalue weighted by Gasteiger charge is -2.20. The Labute approximate surface area is 314 Å². The van der Waals surface area contributed by atoms with E-state index in [9.17, 15) is 0 Å². The molecule has 0 aliphatic rings. The zero-order valence-electron chi connectivity index (χ0n) is 29.6.